The van der Waals surface area contributed by atoms with Gasteiger partial charge in [0, 0.05) is 6.54 Å². The quantitative estimate of drug-likeness (QED) is 0.484. The van der Waals surface area contributed by atoms with Crippen molar-refractivity contribution >= 4 is 5.91 Å². The average molecular weight is 265 g/mol. The second-order valence-corrected chi connectivity index (χ2v) is 5.43. The molecule has 0 aromatic carbocycles. The van der Waals surface area contributed by atoms with Crippen molar-refractivity contribution in [2.45, 2.75) is 38.6 Å². The van der Waals surface area contributed by atoms with Gasteiger partial charge in [-0.1, -0.05) is 19.3 Å². The third-order valence-corrected chi connectivity index (χ3v) is 3.83. The van der Waals surface area contributed by atoms with Gasteiger partial charge < -0.3 is 4.42 Å². The predicted octanol–water partition coefficient (Wildman–Crippen LogP) is 1.90. The molecular formula is C14H23N3O2. The Labute approximate surface area is 114 Å². The number of rotatable bonds is 5. The zero-order valence-corrected chi connectivity index (χ0v) is 11.5. The molecule has 1 heterocycles. The van der Waals surface area contributed by atoms with Crippen molar-refractivity contribution in [2.75, 3.05) is 13.6 Å². The van der Waals surface area contributed by atoms with Crippen LogP contribution in [0.15, 0.2) is 16.7 Å². The highest BCUT2D eigenvalue weighted by atomic mass is 16.3. The number of nitrogens with two attached hydrogens (primary N) is 1. The Morgan fingerprint density at radius 2 is 2.21 bits per heavy atom. The minimum Gasteiger partial charge on any atom is -0.467 e. The maximum absolute atomic E-state index is 11.6. The third-order valence-electron chi connectivity index (χ3n) is 3.83. The summed E-state index contributed by atoms with van der Waals surface area (Å²) in [6, 6.07) is 1.66. The van der Waals surface area contributed by atoms with Gasteiger partial charge >= 0.3 is 0 Å². The Balaban J connectivity index is 1.89. The maximum Gasteiger partial charge on any atom is 0.268 e. The summed E-state index contributed by atoms with van der Waals surface area (Å²) in [6.45, 7) is 1.70. The van der Waals surface area contributed by atoms with Gasteiger partial charge in [-0.15, -0.1) is 0 Å². The molecule has 1 aliphatic rings. The molecule has 1 amide bonds. The molecule has 0 unspecified atom stereocenters. The van der Waals surface area contributed by atoms with Crippen LogP contribution in [-0.4, -0.2) is 24.4 Å². The van der Waals surface area contributed by atoms with Crippen LogP contribution in [0.25, 0.3) is 0 Å². The number of furan rings is 1. The molecule has 1 fully saturated rings. The summed E-state index contributed by atoms with van der Waals surface area (Å²) in [5.74, 6) is 6.32. The molecule has 1 aliphatic carbocycles. The van der Waals surface area contributed by atoms with E-state index in [-0.39, 0.29) is 5.91 Å². The summed E-state index contributed by atoms with van der Waals surface area (Å²) in [6.07, 6.45) is 8.24. The van der Waals surface area contributed by atoms with Crippen molar-refractivity contribution in [3.05, 3.63) is 23.7 Å². The zero-order chi connectivity index (χ0) is 13.7. The number of nitrogen functional groups attached to an aromatic ring is 1. The molecule has 106 valence electrons. The van der Waals surface area contributed by atoms with Crippen LogP contribution < -0.4 is 11.3 Å². The molecule has 0 radical (unpaired) electrons. The molecule has 5 nitrogen and oxygen atoms in total. The molecule has 0 aliphatic heterocycles. The number of hydrazine groups is 1. The number of carbonyl (C=O) groups is 1. The Bertz CT molecular complexity index is 411. The largest absolute Gasteiger partial charge is 0.467 e. The molecule has 5 heteroatoms. The molecule has 0 bridgehead atoms. The SMILES string of the molecule is CN(Cc1occc1C(=O)NN)CC1CCCCC1. The molecule has 19 heavy (non-hydrogen) atoms. The Morgan fingerprint density at radius 1 is 1.47 bits per heavy atom. The number of hydrogen-bond acceptors (Lipinski definition) is 4. The molecular weight excluding hydrogens is 242 g/mol. The molecule has 0 spiro atoms. The van der Waals surface area contributed by atoms with Gasteiger partial charge in [0.2, 0.25) is 0 Å². The molecule has 2 rings (SSSR count). The normalized spacial score (nSPS) is 16.8. The minimum atomic E-state index is -0.296. The standard InChI is InChI=1S/C14H23N3O2/c1-17(9-11-5-3-2-4-6-11)10-13-12(7-8-19-13)14(18)16-15/h7-8,11H,2-6,9-10,15H2,1H3,(H,16,18). The van der Waals surface area contributed by atoms with E-state index in [4.69, 9.17) is 10.3 Å². The average Bonchev–Trinajstić information content (AvgIpc) is 2.87. The monoisotopic (exact) mass is 265 g/mol. The van der Waals surface area contributed by atoms with Crippen LogP contribution in [-0.2, 0) is 6.54 Å². The summed E-state index contributed by atoms with van der Waals surface area (Å²) in [4.78, 5) is 13.8. The number of amides is 1. The van der Waals surface area contributed by atoms with E-state index in [1.165, 1.54) is 38.4 Å². The van der Waals surface area contributed by atoms with Crippen LogP contribution >= 0.6 is 0 Å². The van der Waals surface area contributed by atoms with Crippen molar-refractivity contribution in [3.63, 3.8) is 0 Å². The number of hydrogen-bond donors (Lipinski definition) is 2. The fourth-order valence-electron chi connectivity index (χ4n) is 2.86. The second kappa shape index (κ2) is 6.73. The van der Waals surface area contributed by atoms with Crippen LogP contribution in [0.3, 0.4) is 0 Å². The van der Waals surface area contributed by atoms with Crippen molar-refractivity contribution in [1.82, 2.24) is 10.3 Å². The Kier molecular flexibility index (Phi) is 4.99. The van der Waals surface area contributed by atoms with Crippen LogP contribution in [0, 0.1) is 5.92 Å². The molecule has 1 aromatic rings. The second-order valence-electron chi connectivity index (χ2n) is 5.43. The van der Waals surface area contributed by atoms with E-state index in [2.05, 4.69) is 17.4 Å². The predicted molar refractivity (Wildman–Crippen MR) is 73.3 cm³/mol. The van der Waals surface area contributed by atoms with Gasteiger partial charge in [-0.05, 0) is 31.9 Å². The van der Waals surface area contributed by atoms with Crippen LogP contribution in [0.5, 0.6) is 0 Å². The summed E-state index contributed by atoms with van der Waals surface area (Å²) in [7, 11) is 2.07. The summed E-state index contributed by atoms with van der Waals surface area (Å²) in [5.41, 5.74) is 2.67. The minimum absolute atomic E-state index is 0.296. The van der Waals surface area contributed by atoms with Gasteiger partial charge in [-0.25, -0.2) is 5.84 Å². The first-order valence-electron chi connectivity index (χ1n) is 6.96. The van der Waals surface area contributed by atoms with E-state index in [1.807, 2.05) is 0 Å². The molecule has 3 N–H and O–H groups in total. The van der Waals surface area contributed by atoms with Gasteiger partial charge in [-0.2, -0.15) is 0 Å². The van der Waals surface area contributed by atoms with E-state index in [9.17, 15) is 4.79 Å². The van der Waals surface area contributed by atoms with Crippen LogP contribution in [0.1, 0.15) is 48.2 Å². The van der Waals surface area contributed by atoms with E-state index in [0.29, 0.717) is 17.9 Å². The van der Waals surface area contributed by atoms with E-state index in [1.54, 1.807) is 6.07 Å². The first kappa shape index (κ1) is 14.1. The smallest absolute Gasteiger partial charge is 0.268 e. The lowest BCUT2D eigenvalue weighted by molar-refractivity contribution is 0.0950. The summed E-state index contributed by atoms with van der Waals surface area (Å²) in [5, 5.41) is 0. The van der Waals surface area contributed by atoms with Gasteiger partial charge in [0.1, 0.15) is 5.76 Å². The number of carbonyl (C=O) groups excluding carboxylic acids is 1. The zero-order valence-electron chi connectivity index (χ0n) is 11.5. The number of nitrogens with one attached hydrogen (secondary N) is 1. The highest BCUT2D eigenvalue weighted by Gasteiger charge is 2.18. The van der Waals surface area contributed by atoms with E-state index in [0.717, 1.165) is 12.5 Å². The fraction of sp³-hybridized carbons (Fsp3) is 0.643. The molecule has 0 saturated heterocycles. The fourth-order valence-corrected chi connectivity index (χ4v) is 2.86. The molecule has 1 aromatic heterocycles. The van der Waals surface area contributed by atoms with Gasteiger partial charge in [0.05, 0.1) is 18.4 Å². The van der Waals surface area contributed by atoms with Gasteiger partial charge in [-0.3, -0.25) is 15.1 Å². The summed E-state index contributed by atoms with van der Waals surface area (Å²) < 4.78 is 5.39. The van der Waals surface area contributed by atoms with Crippen molar-refractivity contribution in [3.8, 4) is 0 Å². The van der Waals surface area contributed by atoms with Gasteiger partial charge in [0.15, 0.2) is 0 Å². The lowest BCUT2D eigenvalue weighted by Crippen LogP contribution is -2.31. The summed E-state index contributed by atoms with van der Waals surface area (Å²) >= 11 is 0. The van der Waals surface area contributed by atoms with E-state index >= 15 is 0 Å². The topological polar surface area (TPSA) is 71.5 Å². The van der Waals surface area contributed by atoms with Crippen LogP contribution in [0.2, 0.25) is 0 Å². The van der Waals surface area contributed by atoms with Crippen molar-refractivity contribution in [1.29, 1.82) is 0 Å². The molecule has 0 atom stereocenters. The Morgan fingerprint density at radius 3 is 2.89 bits per heavy atom. The third kappa shape index (κ3) is 3.81. The lowest BCUT2D eigenvalue weighted by atomic mass is 9.89. The van der Waals surface area contributed by atoms with Crippen molar-refractivity contribution in [2.24, 2.45) is 11.8 Å². The highest BCUT2D eigenvalue weighted by Crippen LogP contribution is 2.24. The Hall–Kier alpha value is -1.33. The maximum atomic E-state index is 11.6. The lowest BCUT2D eigenvalue weighted by Gasteiger charge is -2.26. The number of nitrogens with zero attached hydrogens (tertiary/aromatic N) is 1. The van der Waals surface area contributed by atoms with Crippen LogP contribution in [0.4, 0.5) is 0 Å². The van der Waals surface area contributed by atoms with E-state index < -0.39 is 0 Å². The highest BCUT2D eigenvalue weighted by molar-refractivity contribution is 5.94. The van der Waals surface area contributed by atoms with Gasteiger partial charge in [0.25, 0.3) is 5.91 Å². The molecule has 1 saturated carbocycles. The first-order chi connectivity index (χ1) is 9.20. The van der Waals surface area contributed by atoms with Crippen molar-refractivity contribution < 1.29 is 9.21 Å². The first-order valence-corrected chi connectivity index (χ1v) is 6.96.